The summed E-state index contributed by atoms with van der Waals surface area (Å²) in [6.07, 6.45) is 1.68. The molecule has 1 N–H and O–H groups in total. The van der Waals surface area contributed by atoms with Gasteiger partial charge in [-0.2, -0.15) is 0 Å². The fraction of sp³-hybridized carbons (Fsp3) is 0.231. The molecular formula is C13H14ClNO. The average molecular weight is 236 g/mol. The number of hydrogen-bond acceptors (Lipinski definition) is 2. The van der Waals surface area contributed by atoms with Gasteiger partial charge in [0.05, 0.1) is 12.8 Å². The molecule has 0 bridgehead atoms. The molecule has 84 valence electrons. The first-order valence-corrected chi connectivity index (χ1v) is 5.65. The van der Waals surface area contributed by atoms with Crippen LogP contribution in [-0.2, 0) is 6.54 Å². The van der Waals surface area contributed by atoms with Crippen molar-refractivity contribution < 1.29 is 4.42 Å². The minimum absolute atomic E-state index is 0.207. The van der Waals surface area contributed by atoms with E-state index in [0.29, 0.717) is 6.54 Å². The van der Waals surface area contributed by atoms with Crippen LogP contribution in [0.25, 0.3) is 0 Å². The maximum absolute atomic E-state index is 6.12. The van der Waals surface area contributed by atoms with Gasteiger partial charge >= 0.3 is 0 Å². The first-order valence-electron chi connectivity index (χ1n) is 5.27. The smallest absolute Gasteiger partial charge is 0.117 e. The van der Waals surface area contributed by atoms with Crippen LogP contribution in [0.3, 0.4) is 0 Å². The summed E-state index contributed by atoms with van der Waals surface area (Å²) >= 11 is 6.12. The van der Waals surface area contributed by atoms with Crippen LogP contribution in [0.4, 0.5) is 0 Å². The highest BCUT2D eigenvalue weighted by Gasteiger charge is 2.08. The first kappa shape index (κ1) is 11.2. The van der Waals surface area contributed by atoms with Crippen LogP contribution in [-0.4, -0.2) is 0 Å². The van der Waals surface area contributed by atoms with E-state index < -0.39 is 0 Å². The van der Waals surface area contributed by atoms with Gasteiger partial charge in [-0.25, -0.2) is 0 Å². The van der Waals surface area contributed by atoms with Crippen molar-refractivity contribution >= 4 is 11.6 Å². The van der Waals surface area contributed by atoms with Gasteiger partial charge in [0.1, 0.15) is 5.76 Å². The van der Waals surface area contributed by atoms with Crippen molar-refractivity contribution in [2.45, 2.75) is 19.5 Å². The molecule has 0 aliphatic rings. The number of hydrogen-bond donors (Lipinski definition) is 1. The van der Waals surface area contributed by atoms with Crippen molar-refractivity contribution in [2.24, 2.45) is 0 Å². The Morgan fingerprint density at radius 3 is 2.75 bits per heavy atom. The minimum atomic E-state index is 0.207. The molecule has 0 amide bonds. The number of benzene rings is 1. The standard InChI is InChI=1S/C13H14ClNO/c1-10(12-6-2-3-7-13(12)14)15-9-11-5-4-8-16-11/h2-8,10,15H,9H2,1H3/t10-/m1/s1. The van der Waals surface area contributed by atoms with Crippen LogP contribution < -0.4 is 5.32 Å². The van der Waals surface area contributed by atoms with Crippen molar-refractivity contribution in [1.82, 2.24) is 5.32 Å². The molecule has 1 atom stereocenters. The molecule has 16 heavy (non-hydrogen) atoms. The highest BCUT2D eigenvalue weighted by molar-refractivity contribution is 6.31. The van der Waals surface area contributed by atoms with Crippen molar-refractivity contribution in [3.05, 3.63) is 59.0 Å². The summed E-state index contributed by atoms with van der Waals surface area (Å²) in [4.78, 5) is 0. The van der Waals surface area contributed by atoms with E-state index in [1.807, 2.05) is 36.4 Å². The summed E-state index contributed by atoms with van der Waals surface area (Å²) in [6, 6.07) is 11.9. The number of halogens is 1. The summed E-state index contributed by atoms with van der Waals surface area (Å²) in [7, 11) is 0. The zero-order valence-corrected chi connectivity index (χ0v) is 9.87. The third-order valence-corrected chi connectivity index (χ3v) is 2.88. The highest BCUT2D eigenvalue weighted by Crippen LogP contribution is 2.22. The van der Waals surface area contributed by atoms with Crippen molar-refractivity contribution in [2.75, 3.05) is 0 Å². The van der Waals surface area contributed by atoms with E-state index in [1.165, 1.54) is 0 Å². The maximum Gasteiger partial charge on any atom is 0.117 e. The maximum atomic E-state index is 6.12. The lowest BCUT2D eigenvalue weighted by molar-refractivity contribution is 0.460. The Balaban J connectivity index is 1.98. The fourth-order valence-electron chi connectivity index (χ4n) is 1.60. The highest BCUT2D eigenvalue weighted by atomic mass is 35.5. The molecule has 2 rings (SSSR count). The topological polar surface area (TPSA) is 25.2 Å². The van der Waals surface area contributed by atoms with Crippen LogP contribution in [0, 0.1) is 0 Å². The molecule has 1 aromatic heterocycles. The molecule has 0 saturated heterocycles. The molecule has 2 nitrogen and oxygen atoms in total. The van der Waals surface area contributed by atoms with Crippen molar-refractivity contribution in [1.29, 1.82) is 0 Å². The fourth-order valence-corrected chi connectivity index (χ4v) is 1.90. The summed E-state index contributed by atoms with van der Waals surface area (Å²) in [6.45, 7) is 2.80. The Morgan fingerprint density at radius 2 is 2.06 bits per heavy atom. The van der Waals surface area contributed by atoms with E-state index in [4.69, 9.17) is 16.0 Å². The number of rotatable bonds is 4. The van der Waals surface area contributed by atoms with Crippen LogP contribution >= 0.6 is 11.6 Å². The van der Waals surface area contributed by atoms with E-state index in [-0.39, 0.29) is 6.04 Å². The Labute approximate surface area is 100 Å². The Bertz CT molecular complexity index is 439. The van der Waals surface area contributed by atoms with Crippen LogP contribution in [0.1, 0.15) is 24.3 Å². The van der Waals surface area contributed by atoms with Gasteiger partial charge in [-0.15, -0.1) is 0 Å². The predicted octanol–water partition coefficient (Wildman–Crippen LogP) is 3.78. The molecule has 3 heteroatoms. The lowest BCUT2D eigenvalue weighted by Crippen LogP contribution is -2.17. The Morgan fingerprint density at radius 1 is 1.25 bits per heavy atom. The molecule has 0 saturated carbocycles. The summed E-state index contributed by atoms with van der Waals surface area (Å²) in [5.74, 6) is 0.930. The molecule has 1 heterocycles. The van der Waals surface area contributed by atoms with Crippen molar-refractivity contribution in [3.63, 3.8) is 0 Å². The molecule has 0 aliphatic heterocycles. The largest absolute Gasteiger partial charge is 0.468 e. The second-order valence-corrected chi connectivity index (χ2v) is 4.11. The van der Waals surface area contributed by atoms with Gasteiger partial charge in [0.25, 0.3) is 0 Å². The van der Waals surface area contributed by atoms with E-state index >= 15 is 0 Å². The molecular weight excluding hydrogens is 222 g/mol. The van der Waals surface area contributed by atoms with Gasteiger partial charge < -0.3 is 9.73 Å². The van der Waals surface area contributed by atoms with Gasteiger partial charge in [-0.05, 0) is 30.7 Å². The molecule has 0 radical (unpaired) electrons. The van der Waals surface area contributed by atoms with E-state index in [9.17, 15) is 0 Å². The normalized spacial score (nSPS) is 12.6. The molecule has 0 spiro atoms. The molecule has 0 fully saturated rings. The SMILES string of the molecule is C[C@@H](NCc1ccco1)c1ccccc1Cl. The van der Waals surface area contributed by atoms with Gasteiger partial charge in [0, 0.05) is 11.1 Å². The molecule has 1 aromatic carbocycles. The van der Waals surface area contributed by atoms with Gasteiger partial charge in [0.2, 0.25) is 0 Å². The monoisotopic (exact) mass is 235 g/mol. The summed E-state index contributed by atoms with van der Waals surface area (Å²) in [5.41, 5.74) is 1.11. The third kappa shape index (κ3) is 2.65. The second-order valence-electron chi connectivity index (χ2n) is 3.70. The van der Waals surface area contributed by atoms with Gasteiger partial charge in [0.15, 0.2) is 0 Å². The van der Waals surface area contributed by atoms with E-state index in [0.717, 1.165) is 16.3 Å². The Kier molecular flexibility index (Phi) is 3.65. The van der Waals surface area contributed by atoms with E-state index in [1.54, 1.807) is 6.26 Å². The van der Waals surface area contributed by atoms with Crippen molar-refractivity contribution in [3.8, 4) is 0 Å². The summed E-state index contributed by atoms with van der Waals surface area (Å²) in [5, 5.41) is 4.16. The quantitative estimate of drug-likeness (QED) is 0.873. The minimum Gasteiger partial charge on any atom is -0.468 e. The zero-order chi connectivity index (χ0) is 11.4. The van der Waals surface area contributed by atoms with Crippen LogP contribution in [0.5, 0.6) is 0 Å². The third-order valence-electron chi connectivity index (χ3n) is 2.53. The number of furan rings is 1. The summed E-state index contributed by atoms with van der Waals surface area (Å²) < 4.78 is 5.25. The lowest BCUT2D eigenvalue weighted by Gasteiger charge is -2.14. The Hall–Kier alpha value is -1.25. The average Bonchev–Trinajstić information content (AvgIpc) is 2.79. The van der Waals surface area contributed by atoms with Crippen LogP contribution in [0.15, 0.2) is 47.1 Å². The first-order chi connectivity index (χ1) is 7.77. The van der Waals surface area contributed by atoms with Gasteiger partial charge in [-0.3, -0.25) is 0 Å². The predicted molar refractivity (Wildman–Crippen MR) is 65.4 cm³/mol. The zero-order valence-electron chi connectivity index (χ0n) is 9.11. The second kappa shape index (κ2) is 5.19. The van der Waals surface area contributed by atoms with Crippen LogP contribution in [0.2, 0.25) is 5.02 Å². The molecule has 0 unspecified atom stereocenters. The van der Waals surface area contributed by atoms with Gasteiger partial charge in [-0.1, -0.05) is 29.8 Å². The number of nitrogens with one attached hydrogen (secondary N) is 1. The molecule has 2 aromatic rings. The van der Waals surface area contributed by atoms with E-state index in [2.05, 4.69) is 12.2 Å². The lowest BCUT2D eigenvalue weighted by atomic mass is 10.1. The molecule has 0 aliphatic carbocycles.